The Morgan fingerprint density at radius 1 is 1.06 bits per heavy atom. The van der Waals surface area contributed by atoms with Gasteiger partial charge < -0.3 is 15.0 Å². The van der Waals surface area contributed by atoms with Gasteiger partial charge in [0.2, 0.25) is 0 Å². The number of hydrogen-bond donors (Lipinski definition) is 1. The number of nitrogens with one attached hydrogen (secondary N) is 1. The number of unbranched alkanes of at least 4 members (excludes halogenated alkanes) is 3. The Morgan fingerprint density at radius 3 is 2.72 bits per heavy atom. The highest BCUT2D eigenvalue weighted by Gasteiger charge is 2.07. The summed E-state index contributed by atoms with van der Waals surface area (Å²) in [4.78, 5) is 2.56. The molecule has 0 aromatic heterocycles. The molecule has 0 aromatic carbocycles. The van der Waals surface area contributed by atoms with Crippen molar-refractivity contribution >= 4 is 0 Å². The van der Waals surface area contributed by atoms with Gasteiger partial charge in [0.25, 0.3) is 0 Å². The van der Waals surface area contributed by atoms with E-state index in [9.17, 15) is 0 Å². The molecule has 0 amide bonds. The average Bonchev–Trinajstić information content (AvgIpc) is 2.61. The first kappa shape index (κ1) is 15.9. The fourth-order valence-electron chi connectivity index (χ4n) is 2.35. The first-order valence-electron chi connectivity index (χ1n) is 7.80. The molecule has 18 heavy (non-hydrogen) atoms. The number of nitrogens with zero attached hydrogens (tertiary/aromatic N) is 1. The second kappa shape index (κ2) is 10.8. The van der Waals surface area contributed by atoms with Crippen LogP contribution in [0.15, 0.2) is 0 Å². The fraction of sp³-hybridized carbons (Fsp3) is 1.00. The van der Waals surface area contributed by atoms with E-state index >= 15 is 0 Å². The van der Waals surface area contributed by atoms with Crippen LogP contribution in [0.25, 0.3) is 0 Å². The van der Waals surface area contributed by atoms with Gasteiger partial charge in [0.05, 0.1) is 6.61 Å². The van der Waals surface area contributed by atoms with E-state index in [2.05, 4.69) is 24.1 Å². The van der Waals surface area contributed by atoms with E-state index < -0.39 is 0 Å². The minimum atomic E-state index is 0.773. The highest BCUT2D eigenvalue weighted by molar-refractivity contribution is 4.61. The summed E-state index contributed by atoms with van der Waals surface area (Å²) in [7, 11) is 0. The van der Waals surface area contributed by atoms with Crippen molar-refractivity contribution < 1.29 is 4.74 Å². The van der Waals surface area contributed by atoms with Gasteiger partial charge in [0.15, 0.2) is 0 Å². The summed E-state index contributed by atoms with van der Waals surface area (Å²) in [5.41, 5.74) is 0. The van der Waals surface area contributed by atoms with Crippen LogP contribution in [-0.4, -0.2) is 50.8 Å². The van der Waals surface area contributed by atoms with Crippen molar-refractivity contribution in [3.63, 3.8) is 0 Å². The molecule has 1 fully saturated rings. The van der Waals surface area contributed by atoms with Gasteiger partial charge in [0, 0.05) is 19.7 Å². The molecule has 0 bridgehead atoms. The van der Waals surface area contributed by atoms with Crippen molar-refractivity contribution in [2.45, 2.75) is 46.0 Å². The molecule has 1 N–H and O–H groups in total. The molecule has 1 saturated heterocycles. The minimum absolute atomic E-state index is 0.773. The van der Waals surface area contributed by atoms with Crippen LogP contribution in [0.1, 0.15) is 46.0 Å². The quantitative estimate of drug-likeness (QED) is 0.642. The van der Waals surface area contributed by atoms with Gasteiger partial charge in [-0.25, -0.2) is 0 Å². The van der Waals surface area contributed by atoms with E-state index in [1.165, 1.54) is 51.7 Å². The molecule has 0 saturated carbocycles. The maximum absolute atomic E-state index is 5.47. The van der Waals surface area contributed by atoms with Gasteiger partial charge in [0.1, 0.15) is 0 Å². The number of hydrogen-bond acceptors (Lipinski definition) is 3. The van der Waals surface area contributed by atoms with Gasteiger partial charge >= 0.3 is 0 Å². The van der Waals surface area contributed by atoms with Gasteiger partial charge in [-0.2, -0.15) is 0 Å². The summed E-state index contributed by atoms with van der Waals surface area (Å²) in [6, 6.07) is 0. The van der Waals surface area contributed by atoms with Crippen molar-refractivity contribution in [1.29, 1.82) is 0 Å². The van der Waals surface area contributed by atoms with Crippen LogP contribution in [0.5, 0.6) is 0 Å². The van der Waals surface area contributed by atoms with E-state index in [1.807, 2.05) is 0 Å². The van der Waals surface area contributed by atoms with Crippen LogP contribution in [0, 0.1) is 5.92 Å². The highest BCUT2D eigenvalue weighted by atomic mass is 16.5. The molecule has 0 aliphatic carbocycles. The van der Waals surface area contributed by atoms with Gasteiger partial charge in [-0.05, 0) is 44.8 Å². The zero-order valence-electron chi connectivity index (χ0n) is 12.4. The van der Waals surface area contributed by atoms with E-state index in [4.69, 9.17) is 4.74 Å². The molecule has 0 unspecified atom stereocenters. The Labute approximate surface area is 113 Å². The predicted octanol–water partition coefficient (Wildman–Crippen LogP) is 2.51. The van der Waals surface area contributed by atoms with E-state index in [-0.39, 0.29) is 0 Å². The van der Waals surface area contributed by atoms with Crippen molar-refractivity contribution in [2.75, 3.05) is 45.9 Å². The zero-order valence-corrected chi connectivity index (χ0v) is 12.4. The van der Waals surface area contributed by atoms with Gasteiger partial charge in [-0.1, -0.05) is 26.7 Å². The number of rotatable bonds is 9. The molecule has 0 atom stereocenters. The summed E-state index contributed by atoms with van der Waals surface area (Å²) in [6.07, 6.45) is 6.63. The standard InChI is InChI=1S/C15H32N2O/c1-15(2)14-16-8-5-3-4-6-9-17-10-7-12-18-13-11-17/h15-16H,3-14H2,1-2H3. The molecule has 1 aliphatic rings. The first-order chi connectivity index (χ1) is 8.79. The largest absolute Gasteiger partial charge is 0.380 e. The molecule has 1 aliphatic heterocycles. The second-order valence-electron chi connectivity index (χ2n) is 5.82. The van der Waals surface area contributed by atoms with Crippen molar-refractivity contribution in [2.24, 2.45) is 5.92 Å². The zero-order chi connectivity index (χ0) is 13.1. The summed E-state index contributed by atoms with van der Waals surface area (Å²) in [6.45, 7) is 12.4. The Kier molecular flexibility index (Phi) is 9.54. The Balaban J connectivity index is 1.83. The SMILES string of the molecule is CC(C)CNCCCCCCN1CCCOCC1. The molecule has 0 spiro atoms. The summed E-state index contributed by atoms with van der Waals surface area (Å²) in [5.74, 6) is 0.773. The third-order valence-corrected chi connectivity index (χ3v) is 3.45. The highest BCUT2D eigenvalue weighted by Crippen LogP contribution is 2.04. The lowest BCUT2D eigenvalue weighted by atomic mass is 10.1. The van der Waals surface area contributed by atoms with E-state index in [1.54, 1.807) is 0 Å². The van der Waals surface area contributed by atoms with Crippen LogP contribution in [0.2, 0.25) is 0 Å². The predicted molar refractivity (Wildman–Crippen MR) is 78.1 cm³/mol. The Morgan fingerprint density at radius 2 is 1.89 bits per heavy atom. The summed E-state index contributed by atoms with van der Waals surface area (Å²) < 4.78 is 5.47. The van der Waals surface area contributed by atoms with Crippen molar-refractivity contribution in [3.8, 4) is 0 Å². The van der Waals surface area contributed by atoms with Crippen LogP contribution >= 0.6 is 0 Å². The molecular formula is C15H32N2O. The molecule has 0 radical (unpaired) electrons. The fourth-order valence-corrected chi connectivity index (χ4v) is 2.35. The minimum Gasteiger partial charge on any atom is -0.380 e. The van der Waals surface area contributed by atoms with E-state index in [0.29, 0.717) is 0 Å². The van der Waals surface area contributed by atoms with Crippen LogP contribution in [0.4, 0.5) is 0 Å². The Bertz CT molecular complexity index is 177. The Hall–Kier alpha value is -0.120. The lowest BCUT2D eigenvalue weighted by Crippen LogP contribution is -2.27. The normalized spacial score (nSPS) is 18.2. The average molecular weight is 256 g/mol. The van der Waals surface area contributed by atoms with Gasteiger partial charge in [-0.15, -0.1) is 0 Å². The van der Waals surface area contributed by atoms with E-state index in [0.717, 1.165) is 32.2 Å². The van der Waals surface area contributed by atoms with Crippen LogP contribution < -0.4 is 5.32 Å². The smallest absolute Gasteiger partial charge is 0.0593 e. The lowest BCUT2D eigenvalue weighted by Gasteiger charge is -2.18. The lowest BCUT2D eigenvalue weighted by molar-refractivity contribution is 0.141. The molecular weight excluding hydrogens is 224 g/mol. The van der Waals surface area contributed by atoms with Crippen LogP contribution in [-0.2, 0) is 4.74 Å². The molecule has 3 nitrogen and oxygen atoms in total. The summed E-state index contributed by atoms with van der Waals surface area (Å²) >= 11 is 0. The number of ether oxygens (including phenoxy) is 1. The maximum atomic E-state index is 5.47. The van der Waals surface area contributed by atoms with Crippen LogP contribution in [0.3, 0.4) is 0 Å². The van der Waals surface area contributed by atoms with Crippen molar-refractivity contribution in [3.05, 3.63) is 0 Å². The first-order valence-corrected chi connectivity index (χ1v) is 7.80. The molecule has 108 valence electrons. The van der Waals surface area contributed by atoms with Gasteiger partial charge in [-0.3, -0.25) is 0 Å². The van der Waals surface area contributed by atoms with Crippen molar-refractivity contribution in [1.82, 2.24) is 10.2 Å². The summed E-state index contributed by atoms with van der Waals surface area (Å²) in [5, 5.41) is 3.51. The second-order valence-corrected chi connectivity index (χ2v) is 5.82. The monoisotopic (exact) mass is 256 g/mol. The molecule has 3 heteroatoms. The third kappa shape index (κ3) is 8.90. The molecule has 1 heterocycles. The topological polar surface area (TPSA) is 24.5 Å². The third-order valence-electron chi connectivity index (χ3n) is 3.45. The maximum Gasteiger partial charge on any atom is 0.0593 e. The molecule has 0 aromatic rings. The molecule has 1 rings (SSSR count).